The molecule has 5 rings (SSSR count). The lowest BCUT2D eigenvalue weighted by Crippen LogP contribution is -2.61. The standard InChI is InChI=1S/C46H55NO13/c1-30(2)37-29-58-46(53)47(37)44(52)36(25-32-15-8-5-9-16-32)40(59-31(3)49)38(51)23-22-35(50)21-14-24-55-43-42(57-28-34-19-12-7-13-20-34)41(39(26-48)60-45(43)54-4)56-27-33-17-10-6-11-18-33/h5-13,15-20,22-23,30,36-37,39-43,45,48H,14,21,24-29H2,1-4H3/t36-,37+,39+,40-,41+,42-,43-,45-/m0/s1. The maximum Gasteiger partial charge on any atom is 0.416 e. The monoisotopic (exact) mass is 829 g/mol. The molecule has 0 aromatic heterocycles. The molecular weight excluding hydrogens is 774 g/mol. The Kier molecular flexibility index (Phi) is 17.7. The quantitative estimate of drug-likeness (QED) is 0.0799. The summed E-state index contributed by atoms with van der Waals surface area (Å²) in [6.45, 7) is 4.94. The second-order valence-corrected chi connectivity index (χ2v) is 15.0. The van der Waals surface area contributed by atoms with Crippen molar-refractivity contribution < 1.29 is 62.2 Å². The van der Waals surface area contributed by atoms with Gasteiger partial charge in [0, 0.05) is 27.1 Å². The first kappa shape index (κ1) is 46.0. The third kappa shape index (κ3) is 12.7. The van der Waals surface area contributed by atoms with Crippen molar-refractivity contribution in [1.29, 1.82) is 0 Å². The van der Waals surface area contributed by atoms with Crippen LogP contribution in [-0.2, 0) is 72.0 Å². The molecule has 2 amide bonds. The van der Waals surface area contributed by atoms with Crippen molar-refractivity contribution in [3.63, 3.8) is 0 Å². The van der Waals surface area contributed by atoms with Gasteiger partial charge >= 0.3 is 12.1 Å². The van der Waals surface area contributed by atoms with E-state index in [0.29, 0.717) is 5.56 Å². The number of esters is 1. The number of cyclic esters (lactones) is 1. The number of amides is 2. The predicted molar refractivity (Wildman–Crippen MR) is 217 cm³/mol. The van der Waals surface area contributed by atoms with Crippen molar-refractivity contribution in [3.05, 3.63) is 120 Å². The van der Waals surface area contributed by atoms with Gasteiger partial charge in [-0.1, -0.05) is 105 Å². The molecule has 3 aromatic carbocycles. The van der Waals surface area contributed by atoms with Crippen molar-refractivity contribution in [3.8, 4) is 0 Å². The topological polar surface area (TPSA) is 173 Å². The van der Waals surface area contributed by atoms with Gasteiger partial charge in [-0.25, -0.2) is 9.69 Å². The van der Waals surface area contributed by atoms with E-state index in [4.69, 9.17) is 33.2 Å². The van der Waals surface area contributed by atoms with Crippen LogP contribution in [-0.4, -0.2) is 109 Å². The lowest BCUT2D eigenvalue weighted by molar-refractivity contribution is -0.319. The molecule has 14 heteroatoms. The molecule has 2 fully saturated rings. The molecular formula is C46H55NO13. The highest BCUT2D eigenvalue weighted by Crippen LogP contribution is 2.31. The summed E-state index contributed by atoms with van der Waals surface area (Å²) in [5.41, 5.74) is 2.50. The molecule has 8 atom stereocenters. The van der Waals surface area contributed by atoms with E-state index in [-0.39, 0.29) is 58.2 Å². The fourth-order valence-electron chi connectivity index (χ4n) is 7.20. The predicted octanol–water partition coefficient (Wildman–Crippen LogP) is 5.17. The molecule has 3 aromatic rings. The molecule has 0 spiro atoms. The summed E-state index contributed by atoms with van der Waals surface area (Å²) < 4.78 is 41.5. The Hall–Kier alpha value is -5.09. The van der Waals surface area contributed by atoms with Crippen molar-refractivity contribution >= 4 is 29.5 Å². The summed E-state index contributed by atoms with van der Waals surface area (Å²) >= 11 is 0. The molecule has 14 nitrogen and oxygen atoms in total. The smallest absolute Gasteiger partial charge is 0.416 e. The van der Waals surface area contributed by atoms with Gasteiger partial charge in [-0.15, -0.1) is 0 Å². The van der Waals surface area contributed by atoms with E-state index in [2.05, 4.69) is 0 Å². The highest BCUT2D eigenvalue weighted by molar-refractivity contribution is 6.04. The van der Waals surface area contributed by atoms with E-state index in [0.717, 1.165) is 35.1 Å². The molecule has 60 heavy (non-hydrogen) atoms. The number of hydrogen-bond acceptors (Lipinski definition) is 13. The third-order valence-corrected chi connectivity index (χ3v) is 10.4. The molecule has 322 valence electrons. The molecule has 2 aliphatic rings. The molecule has 0 aliphatic carbocycles. The van der Waals surface area contributed by atoms with Crippen molar-refractivity contribution in [1.82, 2.24) is 4.90 Å². The van der Waals surface area contributed by atoms with Gasteiger partial charge in [0.15, 0.2) is 24.0 Å². The Morgan fingerprint density at radius 3 is 1.95 bits per heavy atom. The maximum atomic E-state index is 14.1. The van der Waals surface area contributed by atoms with Crippen LogP contribution in [0, 0.1) is 11.8 Å². The number of aliphatic hydroxyl groups is 1. The summed E-state index contributed by atoms with van der Waals surface area (Å²) in [5, 5.41) is 10.3. The largest absolute Gasteiger partial charge is 0.453 e. The summed E-state index contributed by atoms with van der Waals surface area (Å²) in [4.78, 5) is 67.2. The Bertz CT molecular complexity index is 1870. The van der Waals surface area contributed by atoms with Crippen LogP contribution < -0.4 is 0 Å². The van der Waals surface area contributed by atoms with Crippen LogP contribution in [0.5, 0.6) is 0 Å². The van der Waals surface area contributed by atoms with Crippen LogP contribution >= 0.6 is 0 Å². The summed E-state index contributed by atoms with van der Waals surface area (Å²) in [7, 11) is 1.46. The van der Waals surface area contributed by atoms with E-state index in [1.807, 2.05) is 74.5 Å². The fourth-order valence-corrected chi connectivity index (χ4v) is 7.20. The Morgan fingerprint density at radius 1 is 0.817 bits per heavy atom. The number of rotatable bonds is 22. The first-order chi connectivity index (χ1) is 29.0. The number of methoxy groups -OCH3 is 1. The minimum Gasteiger partial charge on any atom is -0.453 e. The molecule has 0 saturated carbocycles. The summed E-state index contributed by atoms with van der Waals surface area (Å²) in [5.74, 6) is -4.19. The first-order valence-corrected chi connectivity index (χ1v) is 20.2. The van der Waals surface area contributed by atoms with Crippen LogP contribution in [0.1, 0.15) is 50.3 Å². The van der Waals surface area contributed by atoms with E-state index < -0.39 is 78.3 Å². The molecule has 0 unspecified atom stereocenters. The normalized spacial score (nSPS) is 22.7. The number of ketones is 2. The van der Waals surface area contributed by atoms with Gasteiger partial charge in [-0.2, -0.15) is 0 Å². The molecule has 2 heterocycles. The van der Waals surface area contributed by atoms with Crippen molar-refractivity contribution in [2.24, 2.45) is 11.8 Å². The lowest BCUT2D eigenvalue weighted by Gasteiger charge is -2.45. The number of nitrogens with zero attached hydrogens (tertiary/aromatic N) is 1. The van der Waals surface area contributed by atoms with Crippen LogP contribution in [0.25, 0.3) is 0 Å². The number of carbonyl (C=O) groups is 5. The average molecular weight is 830 g/mol. The van der Waals surface area contributed by atoms with Gasteiger partial charge in [0.2, 0.25) is 5.91 Å². The lowest BCUT2D eigenvalue weighted by atomic mass is 9.89. The van der Waals surface area contributed by atoms with E-state index in [9.17, 15) is 29.1 Å². The molecule has 2 saturated heterocycles. The number of aliphatic hydroxyl groups excluding tert-OH is 1. The summed E-state index contributed by atoms with van der Waals surface area (Å²) in [6, 6.07) is 27.4. The summed E-state index contributed by atoms with van der Waals surface area (Å²) in [6.07, 6.45) is -4.27. The van der Waals surface area contributed by atoms with Gasteiger partial charge in [0.05, 0.1) is 31.8 Å². The van der Waals surface area contributed by atoms with Gasteiger partial charge in [-0.3, -0.25) is 19.2 Å². The van der Waals surface area contributed by atoms with Crippen molar-refractivity contribution in [2.45, 2.75) is 96.1 Å². The Labute approximate surface area is 350 Å². The van der Waals surface area contributed by atoms with Gasteiger partial charge in [-0.05, 0) is 47.6 Å². The van der Waals surface area contributed by atoms with Crippen LogP contribution in [0.4, 0.5) is 4.79 Å². The van der Waals surface area contributed by atoms with Crippen molar-refractivity contribution in [2.75, 3.05) is 26.9 Å². The van der Waals surface area contributed by atoms with E-state index >= 15 is 0 Å². The van der Waals surface area contributed by atoms with Gasteiger partial charge < -0.3 is 38.3 Å². The van der Waals surface area contributed by atoms with Gasteiger partial charge in [0.25, 0.3) is 0 Å². The highest BCUT2D eigenvalue weighted by atomic mass is 16.7. The number of hydrogen-bond donors (Lipinski definition) is 1. The maximum absolute atomic E-state index is 14.1. The van der Waals surface area contributed by atoms with Crippen LogP contribution in [0.2, 0.25) is 0 Å². The zero-order valence-corrected chi connectivity index (χ0v) is 34.5. The SMILES string of the molecule is CO[C@H]1O[C@H](CO)[C@@H](OCc2ccccc2)[C@H](OCc2ccccc2)[C@@H]1OCCCC(=O)C=CC(=O)[C@@H](OC(C)=O)[C@H](Cc1ccccc1)C(=O)N1C(=O)OC[C@@H]1C(C)C. The van der Waals surface area contributed by atoms with Gasteiger partial charge in [0.1, 0.15) is 31.0 Å². The van der Waals surface area contributed by atoms with E-state index in [1.165, 1.54) is 7.11 Å². The minimum atomic E-state index is -1.63. The van der Waals surface area contributed by atoms with Crippen LogP contribution in [0.15, 0.2) is 103 Å². The zero-order chi connectivity index (χ0) is 43.0. The zero-order valence-electron chi connectivity index (χ0n) is 34.5. The van der Waals surface area contributed by atoms with E-state index in [1.54, 1.807) is 30.3 Å². The second-order valence-electron chi connectivity index (χ2n) is 15.0. The fraction of sp³-hybridized carbons (Fsp3) is 0.457. The molecule has 0 radical (unpaired) electrons. The average Bonchev–Trinajstić information content (AvgIpc) is 3.66. The Morgan fingerprint density at radius 2 is 1.40 bits per heavy atom. The highest BCUT2D eigenvalue weighted by Gasteiger charge is 2.49. The number of ether oxygens (including phenoxy) is 7. The number of allylic oxidation sites excluding steroid dienone is 1. The molecule has 1 N–H and O–H groups in total. The van der Waals surface area contributed by atoms with Crippen LogP contribution in [0.3, 0.4) is 0 Å². The molecule has 2 aliphatic heterocycles. The second kappa shape index (κ2) is 23.1. The number of benzene rings is 3. The Balaban J connectivity index is 1.27. The third-order valence-electron chi connectivity index (χ3n) is 10.4. The number of imide groups is 1. The minimum absolute atomic E-state index is 0.00233. The number of carbonyl (C=O) groups excluding carboxylic acids is 5. The molecule has 0 bridgehead atoms. The first-order valence-electron chi connectivity index (χ1n) is 20.2.